The number of nitrogens with zero attached hydrogens (tertiary/aromatic N) is 3. The molecule has 2 aromatic heterocycles. The summed E-state index contributed by atoms with van der Waals surface area (Å²) in [5.41, 5.74) is 4.74. The van der Waals surface area contributed by atoms with Gasteiger partial charge in [0, 0.05) is 5.56 Å². The molecular formula is C23H15N3O. The number of hydrogen-bond acceptors (Lipinski definition) is 3. The molecule has 3 aromatic carbocycles. The van der Waals surface area contributed by atoms with E-state index < -0.39 is 0 Å². The van der Waals surface area contributed by atoms with Crippen molar-refractivity contribution in [2.45, 2.75) is 0 Å². The van der Waals surface area contributed by atoms with E-state index in [1.807, 2.05) is 83.3 Å². The van der Waals surface area contributed by atoms with Crippen LogP contribution in [0.4, 0.5) is 0 Å². The van der Waals surface area contributed by atoms with Gasteiger partial charge in [0.2, 0.25) is 11.6 Å². The number of imidazole rings is 1. The van der Waals surface area contributed by atoms with E-state index in [-0.39, 0.29) is 5.78 Å². The summed E-state index contributed by atoms with van der Waals surface area (Å²) in [6.07, 6.45) is 0. The second-order valence-electron chi connectivity index (χ2n) is 6.32. The van der Waals surface area contributed by atoms with Gasteiger partial charge in [0.25, 0.3) is 0 Å². The molecule has 4 heteroatoms. The van der Waals surface area contributed by atoms with Crippen molar-refractivity contribution in [3.05, 3.63) is 102 Å². The van der Waals surface area contributed by atoms with Crippen molar-refractivity contribution in [2.24, 2.45) is 0 Å². The lowest BCUT2D eigenvalue weighted by Gasteiger charge is -2.09. The molecule has 0 saturated heterocycles. The Morgan fingerprint density at radius 2 is 1.41 bits per heavy atom. The molecule has 0 N–H and O–H groups in total. The van der Waals surface area contributed by atoms with E-state index in [2.05, 4.69) is 9.97 Å². The van der Waals surface area contributed by atoms with E-state index in [0.717, 1.165) is 22.3 Å². The van der Waals surface area contributed by atoms with Crippen LogP contribution >= 0.6 is 0 Å². The van der Waals surface area contributed by atoms with E-state index >= 15 is 0 Å². The van der Waals surface area contributed by atoms with Gasteiger partial charge >= 0.3 is 0 Å². The highest BCUT2D eigenvalue weighted by Crippen LogP contribution is 2.26. The minimum atomic E-state index is -0.109. The molecule has 5 rings (SSSR count). The van der Waals surface area contributed by atoms with Crippen molar-refractivity contribution >= 4 is 22.6 Å². The molecule has 0 saturated carbocycles. The first-order chi connectivity index (χ1) is 13.3. The Hall–Kier alpha value is -3.79. The van der Waals surface area contributed by atoms with Crippen molar-refractivity contribution in [2.75, 3.05) is 0 Å². The van der Waals surface area contributed by atoms with Crippen molar-refractivity contribution < 1.29 is 4.79 Å². The first-order valence-corrected chi connectivity index (χ1v) is 8.75. The van der Waals surface area contributed by atoms with Gasteiger partial charge in [-0.15, -0.1) is 0 Å². The predicted octanol–water partition coefficient (Wildman–Crippen LogP) is 4.78. The number of carbonyl (C=O) groups is 1. The molecular weight excluding hydrogens is 334 g/mol. The van der Waals surface area contributed by atoms with Crippen molar-refractivity contribution in [3.63, 3.8) is 0 Å². The molecule has 0 bridgehead atoms. The molecule has 0 atom stereocenters. The molecule has 4 nitrogen and oxygen atoms in total. The van der Waals surface area contributed by atoms with Crippen LogP contribution in [0.3, 0.4) is 0 Å². The Morgan fingerprint density at radius 3 is 2.19 bits per heavy atom. The van der Waals surface area contributed by atoms with Crippen LogP contribution in [-0.2, 0) is 0 Å². The van der Waals surface area contributed by atoms with Crippen molar-refractivity contribution in [3.8, 4) is 11.3 Å². The van der Waals surface area contributed by atoms with E-state index in [4.69, 9.17) is 0 Å². The monoisotopic (exact) mass is 349 g/mol. The summed E-state index contributed by atoms with van der Waals surface area (Å²) >= 11 is 0. The van der Waals surface area contributed by atoms with Gasteiger partial charge in [-0.2, -0.15) is 0 Å². The van der Waals surface area contributed by atoms with E-state index in [0.29, 0.717) is 17.0 Å². The number of benzene rings is 3. The molecule has 5 aromatic rings. The summed E-state index contributed by atoms with van der Waals surface area (Å²) in [7, 11) is 0. The van der Waals surface area contributed by atoms with Gasteiger partial charge in [0.15, 0.2) is 0 Å². The van der Waals surface area contributed by atoms with E-state index in [9.17, 15) is 4.79 Å². The minimum Gasteiger partial charge on any atom is -0.287 e. The highest BCUT2D eigenvalue weighted by Gasteiger charge is 2.17. The van der Waals surface area contributed by atoms with Crippen LogP contribution in [0.1, 0.15) is 16.1 Å². The Morgan fingerprint density at radius 1 is 0.741 bits per heavy atom. The van der Waals surface area contributed by atoms with Gasteiger partial charge < -0.3 is 0 Å². The lowest BCUT2D eigenvalue weighted by Crippen LogP contribution is -2.07. The molecule has 0 spiro atoms. The summed E-state index contributed by atoms with van der Waals surface area (Å²) in [6.45, 7) is 0. The summed E-state index contributed by atoms with van der Waals surface area (Å²) in [5, 5.41) is 0. The average Bonchev–Trinajstić information content (AvgIpc) is 3.12. The zero-order chi connectivity index (χ0) is 18.2. The summed E-state index contributed by atoms with van der Waals surface area (Å²) in [4.78, 5) is 22.2. The lowest BCUT2D eigenvalue weighted by atomic mass is 10.1. The van der Waals surface area contributed by atoms with E-state index in [1.165, 1.54) is 0 Å². The van der Waals surface area contributed by atoms with Gasteiger partial charge in [-0.1, -0.05) is 72.8 Å². The molecule has 0 aliphatic carbocycles. The van der Waals surface area contributed by atoms with E-state index in [1.54, 1.807) is 12.1 Å². The third kappa shape index (κ3) is 2.59. The molecule has 0 unspecified atom stereocenters. The fourth-order valence-electron chi connectivity index (χ4n) is 3.33. The van der Waals surface area contributed by atoms with Gasteiger partial charge in [0.05, 0.1) is 16.7 Å². The second kappa shape index (κ2) is 6.18. The summed E-state index contributed by atoms with van der Waals surface area (Å²) < 4.78 is 2.01. The smallest absolute Gasteiger partial charge is 0.236 e. The Balaban J connectivity index is 1.82. The van der Waals surface area contributed by atoms with Crippen LogP contribution < -0.4 is 0 Å². The van der Waals surface area contributed by atoms with Crippen LogP contribution in [0.25, 0.3) is 28.1 Å². The zero-order valence-electron chi connectivity index (χ0n) is 14.4. The Kier molecular flexibility index (Phi) is 3.54. The molecule has 2 heterocycles. The minimum absolute atomic E-state index is 0.109. The van der Waals surface area contributed by atoms with Gasteiger partial charge in [-0.05, 0) is 23.8 Å². The van der Waals surface area contributed by atoms with Gasteiger partial charge in [0.1, 0.15) is 5.69 Å². The first kappa shape index (κ1) is 15.5. The number of hydrogen-bond donors (Lipinski definition) is 0. The SMILES string of the molecule is O=C(c1ccccc1)c1cc(-c2ccccc2)n2c(n1)nc1ccccc12. The number of carbonyl (C=O) groups excluding carboxylic acids is 1. The largest absolute Gasteiger partial charge is 0.287 e. The van der Waals surface area contributed by atoms with Gasteiger partial charge in [-0.25, -0.2) is 9.97 Å². The maximum absolute atomic E-state index is 13.0. The summed E-state index contributed by atoms with van der Waals surface area (Å²) in [6, 6.07) is 29.0. The number of rotatable bonds is 3. The van der Waals surface area contributed by atoms with Crippen molar-refractivity contribution in [1.29, 1.82) is 0 Å². The zero-order valence-corrected chi connectivity index (χ0v) is 14.4. The highest BCUT2D eigenvalue weighted by atomic mass is 16.1. The average molecular weight is 349 g/mol. The number of aromatic nitrogens is 3. The molecule has 0 aliphatic rings. The fourth-order valence-corrected chi connectivity index (χ4v) is 3.33. The van der Waals surface area contributed by atoms with Crippen molar-refractivity contribution in [1.82, 2.24) is 14.4 Å². The number of fused-ring (bicyclic) bond motifs is 3. The van der Waals surface area contributed by atoms with Crippen LogP contribution in [0.2, 0.25) is 0 Å². The fraction of sp³-hybridized carbons (Fsp3) is 0. The quantitative estimate of drug-likeness (QED) is 0.440. The third-order valence-corrected chi connectivity index (χ3v) is 4.62. The number of ketones is 1. The molecule has 0 radical (unpaired) electrons. The third-order valence-electron chi connectivity index (χ3n) is 4.62. The maximum atomic E-state index is 13.0. The Bertz CT molecular complexity index is 1270. The lowest BCUT2D eigenvalue weighted by molar-refractivity contribution is 0.103. The second-order valence-corrected chi connectivity index (χ2v) is 6.32. The molecule has 0 aliphatic heterocycles. The van der Waals surface area contributed by atoms with Crippen LogP contribution in [0.15, 0.2) is 91.0 Å². The Labute approximate surface area is 155 Å². The molecule has 27 heavy (non-hydrogen) atoms. The van der Waals surface area contributed by atoms with Crippen LogP contribution in [0.5, 0.6) is 0 Å². The topological polar surface area (TPSA) is 47.3 Å². The standard InChI is InChI=1S/C23H15N3O/c27-22(17-11-5-2-6-12-17)19-15-21(16-9-3-1-4-10-16)26-20-14-8-7-13-18(20)24-23(26)25-19/h1-15H. The summed E-state index contributed by atoms with van der Waals surface area (Å²) in [5.74, 6) is 0.416. The molecule has 0 fully saturated rings. The normalized spacial score (nSPS) is 11.1. The predicted molar refractivity (Wildman–Crippen MR) is 106 cm³/mol. The van der Waals surface area contributed by atoms with Gasteiger partial charge in [-0.3, -0.25) is 9.20 Å². The maximum Gasteiger partial charge on any atom is 0.236 e. The first-order valence-electron chi connectivity index (χ1n) is 8.75. The number of para-hydroxylation sites is 2. The molecule has 128 valence electrons. The van der Waals surface area contributed by atoms with Crippen LogP contribution in [-0.4, -0.2) is 20.2 Å². The highest BCUT2D eigenvalue weighted by molar-refractivity contribution is 6.08. The van der Waals surface area contributed by atoms with Crippen LogP contribution in [0, 0.1) is 0 Å². The molecule has 0 amide bonds.